The largest absolute Gasteiger partial charge is 0.497 e. The van der Waals surface area contributed by atoms with Crippen molar-refractivity contribution in [1.82, 2.24) is 5.32 Å². The third-order valence-electron chi connectivity index (χ3n) is 2.90. The highest BCUT2D eigenvalue weighted by atomic mass is 16.6. The number of aliphatic imine (C=N–C) groups is 1. The van der Waals surface area contributed by atoms with E-state index < -0.39 is 11.7 Å². The Labute approximate surface area is 139 Å². The molecule has 0 radical (unpaired) electrons. The first-order valence-corrected chi connectivity index (χ1v) is 7.87. The van der Waals surface area contributed by atoms with Gasteiger partial charge in [-0.3, -0.25) is 4.99 Å². The van der Waals surface area contributed by atoms with Crippen LogP contribution in [0.2, 0.25) is 0 Å². The van der Waals surface area contributed by atoms with Gasteiger partial charge in [0.15, 0.2) is 0 Å². The summed E-state index contributed by atoms with van der Waals surface area (Å²) in [6.45, 7) is 9.73. The molecule has 0 unspecified atom stereocenters. The van der Waals surface area contributed by atoms with E-state index in [2.05, 4.69) is 24.2 Å². The smallest absolute Gasteiger partial charge is 0.408 e. The average molecular weight is 320 g/mol. The summed E-state index contributed by atoms with van der Waals surface area (Å²) in [5.41, 5.74) is 0.296. The van der Waals surface area contributed by atoms with E-state index in [4.69, 9.17) is 9.47 Å². The van der Waals surface area contributed by atoms with Gasteiger partial charge in [0.1, 0.15) is 11.4 Å². The molecule has 0 fully saturated rings. The predicted molar refractivity (Wildman–Crippen MR) is 93.8 cm³/mol. The maximum absolute atomic E-state index is 11.9. The lowest BCUT2D eigenvalue weighted by Crippen LogP contribution is -2.40. The number of methoxy groups -OCH3 is 1. The molecule has 128 valence electrons. The van der Waals surface area contributed by atoms with Gasteiger partial charge in [-0.2, -0.15) is 0 Å². The van der Waals surface area contributed by atoms with Crippen LogP contribution in [0.4, 0.5) is 10.5 Å². The molecular weight excluding hydrogens is 292 g/mol. The summed E-state index contributed by atoms with van der Waals surface area (Å²) in [5.74, 6) is 1.21. The molecule has 0 heterocycles. The van der Waals surface area contributed by atoms with Crippen molar-refractivity contribution in [3.63, 3.8) is 0 Å². The van der Waals surface area contributed by atoms with Crippen LogP contribution < -0.4 is 10.1 Å². The van der Waals surface area contributed by atoms with Crippen molar-refractivity contribution < 1.29 is 14.3 Å². The van der Waals surface area contributed by atoms with Gasteiger partial charge >= 0.3 is 6.09 Å². The third kappa shape index (κ3) is 8.24. The molecular formula is C18H28N2O3. The summed E-state index contributed by atoms with van der Waals surface area (Å²) in [6, 6.07) is 7.27. The van der Waals surface area contributed by atoms with Crippen molar-refractivity contribution in [2.45, 2.75) is 52.7 Å². The number of carbonyl (C=O) groups excluding carboxylic acids is 1. The van der Waals surface area contributed by atoms with Crippen LogP contribution in [0, 0.1) is 5.92 Å². The number of amides is 1. The fourth-order valence-corrected chi connectivity index (χ4v) is 1.97. The minimum absolute atomic E-state index is 0.174. The lowest BCUT2D eigenvalue weighted by Gasteiger charge is -2.22. The van der Waals surface area contributed by atoms with Crippen molar-refractivity contribution in [1.29, 1.82) is 0 Å². The zero-order valence-corrected chi connectivity index (χ0v) is 14.9. The molecule has 0 spiro atoms. The first kappa shape index (κ1) is 19.0. The molecule has 5 heteroatoms. The SMILES string of the molecule is COc1ccc(N=C[C@H](CC(C)C)NC(=O)OC(C)(C)C)cc1. The highest BCUT2D eigenvalue weighted by Gasteiger charge is 2.19. The Bertz CT molecular complexity index is 516. The van der Waals surface area contributed by atoms with Crippen LogP contribution >= 0.6 is 0 Å². The molecule has 1 amide bonds. The molecule has 0 bridgehead atoms. The third-order valence-corrected chi connectivity index (χ3v) is 2.90. The molecule has 0 saturated carbocycles. The number of benzene rings is 1. The van der Waals surface area contributed by atoms with Crippen molar-refractivity contribution in [3.05, 3.63) is 24.3 Å². The van der Waals surface area contributed by atoms with Gasteiger partial charge in [-0.05, 0) is 57.4 Å². The Hall–Kier alpha value is -2.04. The first-order valence-electron chi connectivity index (χ1n) is 7.87. The maximum Gasteiger partial charge on any atom is 0.408 e. The molecule has 23 heavy (non-hydrogen) atoms. The van der Waals surface area contributed by atoms with Crippen LogP contribution in [0.3, 0.4) is 0 Å². The van der Waals surface area contributed by atoms with E-state index in [0.29, 0.717) is 5.92 Å². The highest BCUT2D eigenvalue weighted by molar-refractivity contribution is 5.76. The Balaban J connectivity index is 2.72. The molecule has 0 aliphatic heterocycles. The molecule has 1 N–H and O–H groups in total. The molecule has 1 aromatic rings. The lowest BCUT2D eigenvalue weighted by atomic mass is 10.0. The second-order valence-corrected chi connectivity index (χ2v) is 6.86. The average Bonchev–Trinajstić information content (AvgIpc) is 2.42. The number of carbonyl (C=O) groups is 1. The predicted octanol–water partition coefficient (Wildman–Crippen LogP) is 4.34. The normalized spacial score (nSPS) is 13.2. The minimum atomic E-state index is -0.514. The monoisotopic (exact) mass is 320 g/mol. The van der Waals surface area contributed by atoms with E-state index in [-0.39, 0.29) is 6.04 Å². The molecule has 0 saturated heterocycles. The number of hydrogen-bond acceptors (Lipinski definition) is 4. The Morgan fingerprint density at radius 3 is 2.35 bits per heavy atom. The van der Waals surface area contributed by atoms with E-state index in [1.54, 1.807) is 13.3 Å². The van der Waals surface area contributed by atoms with Gasteiger partial charge in [-0.15, -0.1) is 0 Å². The van der Waals surface area contributed by atoms with Crippen LogP contribution in [-0.4, -0.2) is 31.1 Å². The van der Waals surface area contributed by atoms with E-state index in [1.807, 2.05) is 45.0 Å². The zero-order chi connectivity index (χ0) is 17.5. The molecule has 5 nitrogen and oxygen atoms in total. The van der Waals surface area contributed by atoms with Gasteiger partial charge in [-0.25, -0.2) is 4.79 Å². The molecule has 1 atom stereocenters. The van der Waals surface area contributed by atoms with E-state index in [0.717, 1.165) is 17.9 Å². The van der Waals surface area contributed by atoms with Crippen molar-refractivity contribution in [2.75, 3.05) is 7.11 Å². The van der Waals surface area contributed by atoms with Gasteiger partial charge < -0.3 is 14.8 Å². The van der Waals surface area contributed by atoms with Crippen LogP contribution in [0.25, 0.3) is 0 Å². The van der Waals surface area contributed by atoms with Crippen LogP contribution in [-0.2, 0) is 4.74 Å². The van der Waals surface area contributed by atoms with Crippen molar-refractivity contribution >= 4 is 18.0 Å². The highest BCUT2D eigenvalue weighted by Crippen LogP contribution is 2.17. The quantitative estimate of drug-likeness (QED) is 0.793. The van der Waals surface area contributed by atoms with Crippen LogP contribution in [0.5, 0.6) is 5.75 Å². The van der Waals surface area contributed by atoms with Crippen LogP contribution in [0.1, 0.15) is 41.0 Å². The Kier molecular flexibility index (Phi) is 7.07. The number of nitrogens with one attached hydrogen (secondary N) is 1. The summed E-state index contributed by atoms with van der Waals surface area (Å²) in [6.07, 6.45) is 2.12. The topological polar surface area (TPSA) is 59.9 Å². The number of alkyl carbamates (subject to hydrolysis) is 1. The molecule has 0 aliphatic rings. The van der Waals surface area contributed by atoms with E-state index in [9.17, 15) is 4.79 Å². The van der Waals surface area contributed by atoms with E-state index in [1.165, 1.54) is 0 Å². The summed E-state index contributed by atoms with van der Waals surface area (Å²) in [5, 5.41) is 2.86. The number of rotatable bonds is 6. The molecule has 1 aromatic carbocycles. The Morgan fingerprint density at radius 1 is 1.26 bits per heavy atom. The van der Waals surface area contributed by atoms with Crippen molar-refractivity contribution in [2.24, 2.45) is 10.9 Å². The van der Waals surface area contributed by atoms with Crippen LogP contribution in [0.15, 0.2) is 29.3 Å². The maximum atomic E-state index is 11.9. The van der Waals surface area contributed by atoms with Gasteiger partial charge in [0, 0.05) is 6.21 Å². The minimum Gasteiger partial charge on any atom is -0.497 e. The fraction of sp³-hybridized carbons (Fsp3) is 0.556. The van der Waals surface area contributed by atoms with Gasteiger partial charge in [0.05, 0.1) is 18.8 Å². The molecule has 1 rings (SSSR count). The Morgan fingerprint density at radius 2 is 1.87 bits per heavy atom. The summed E-state index contributed by atoms with van der Waals surface area (Å²) < 4.78 is 10.4. The summed E-state index contributed by atoms with van der Waals surface area (Å²) in [4.78, 5) is 16.4. The number of hydrogen-bond donors (Lipinski definition) is 1. The molecule has 0 aliphatic carbocycles. The summed E-state index contributed by atoms with van der Waals surface area (Å²) >= 11 is 0. The summed E-state index contributed by atoms with van der Waals surface area (Å²) in [7, 11) is 1.63. The molecule has 0 aromatic heterocycles. The number of nitrogens with zero attached hydrogens (tertiary/aromatic N) is 1. The second-order valence-electron chi connectivity index (χ2n) is 6.86. The fourth-order valence-electron chi connectivity index (χ4n) is 1.97. The second kappa shape index (κ2) is 8.56. The first-order chi connectivity index (χ1) is 10.7. The van der Waals surface area contributed by atoms with E-state index >= 15 is 0 Å². The number of ether oxygens (including phenoxy) is 2. The van der Waals surface area contributed by atoms with Crippen molar-refractivity contribution in [3.8, 4) is 5.75 Å². The lowest BCUT2D eigenvalue weighted by molar-refractivity contribution is 0.0515. The van der Waals surface area contributed by atoms with Gasteiger partial charge in [0.2, 0.25) is 0 Å². The standard InChI is InChI=1S/C18H28N2O3/c1-13(2)11-15(20-17(21)23-18(3,4)5)12-19-14-7-9-16(22-6)10-8-14/h7-10,12-13,15H,11H2,1-6H3,(H,20,21)/t15-/m0/s1. The van der Waals surface area contributed by atoms with Gasteiger partial charge in [0.25, 0.3) is 0 Å². The zero-order valence-electron chi connectivity index (χ0n) is 14.9. The van der Waals surface area contributed by atoms with Gasteiger partial charge in [-0.1, -0.05) is 13.8 Å².